The number of aromatic nitrogens is 4. The summed E-state index contributed by atoms with van der Waals surface area (Å²) in [5.41, 5.74) is 8.34. The van der Waals surface area contributed by atoms with Gasteiger partial charge in [-0.05, 0) is 24.8 Å². The molecule has 6 nitrogen and oxygen atoms in total. The lowest BCUT2D eigenvalue weighted by molar-refractivity contribution is 0.720. The molecule has 4 N–H and O–H groups in total. The maximum absolute atomic E-state index is 5.96. The van der Waals surface area contributed by atoms with Gasteiger partial charge in [-0.15, -0.1) is 10.2 Å². The fraction of sp³-hybridized carbons (Fsp3) is 0.350. The summed E-state index contributed by atoms with van der Waals surface area (Å²) >= 11 is 1.61. The molecule has 3 aromatic rings. The predicted octanol–water partition coefficient (Wildman–Crippen LogP) is 1.55. The zero-order valence-electron chi connectivity index (χ0n) is 15.4. The lowest BCUT2D eigenvalue weighted by atomic mass is 9.99. The third-order valence-electron chi connectivity index (χ3n) is 4.89. The zero-order chi connectivity index (χ0) is 18.6. The maximum atomic E-state index is 5.96. The number of nitrogens with one attached hydrogen (secondary N) is 2. The van der Waals surface area contributed by atoms with E-state index in [9.17, 15) is 0 Å². The smallest absolute Gasteiger partial charge is 0.205 e. The first kappa shape index (κ1) is 17.9. The number of hydrogen-bond acceptors (Lipinski definition) is 6. The second kappa shape index (κ2) is 8.02. The van der Waals surface area contributed by atoms with E-state index in [2.05, 4.69) is 69.1 Å². The molecule has 1 aromatic carbocycles. The second-order valence-corrected chi connectivity index (χ2v) is 7.79. The molecule has 2 heterocycles. The Bertz CT molecular complexity index is 1010. The van der Waals surface area contributed by atoms with Crippen molar-refractivity contribution in [1.29, 1.82) is 0 Å². The van der Waals surface area contributed by atoms with E-state index in [1.807, 2.05) is 6.07 Å². The van der Waals surface area contributed by atoms with Crippen molar-refractivity contribution in [2.75, 3.05) is 11.9 Å². The predicted molar refractivity (Wildman–Crippen MR) is 110 cm³/mol. The van der Waals surface area contributed by atoms with Crippen LogP contribution in [0.4, 0.5) is 5.13 Å². The van der Waals surface area contributed by atoms with Crippen molar-refractivity contribution in [3.05, 3.63) is 57.2 Å². The molecule has 27 heavy (non-hydrogen) atoms. The lowest BCUT2D eigenvalue weighted by Crippen LogP contribution is -2.30. The van der Waals surface area contributed by atoms with Crippen LogP contribution in [0.2, 0.25) is 0 Å². The fourth-order valence-electron chi connectivity index (χ4n) is 3.41. The average molecular weight is 381 g/mol. The number of nitrogens with two attached hydrogens (primary N) is 1. The molecule has 0 saturated heterocycles. The van der Waals surface area contributed by atoms with E-state index < -0.39 is 0 Å². The SMILES string of the molecule is CCc1n[nH]c2c1=CC(c1nnc(N[C@@H](CN)Cc3ccccc3)s1)CC=2. The number of nitrogens with zero attached hydrogens (tertiary/aromatic N) is 3. The summed E-state index contributed by atoms with van der Waals surface area (Å²) in [6, 6.07) is 10.5. The third kappa shape index (κ3) is 3.94. The van der Waals surface area contributed by atoms with Gasteiger partial charge in [0.05, 0.1) is 11.0 Å². The van der Waals surface area contributed by atoms with Gasteiger partial charge >= 0.3 is 0 Å². The minimum Gasteiger partial charge on any atom is -0.356 e. The fourth-order valence-corrected chi connectivity index (χ4v) is 4.31. The summed E-state index contributed by atoms with van der Waals surface area (Å²) in [4.78, 5) is 0. The van der Waals surface area contributed by atoms with Crippen LogP contribution in [0.15, 0.2) is 30.3 Å². The summed E-state index contributed by atoms with van der Waals surface area (Å²) in [7, 11) is 0. The van der Waals surface area contributed by atoms with Crippen molar-refractivity contribution in [3.8, 4) is 0 Å². The first-order valence-corrected chi connectivity index (χ1v) is 10.2. The first-order chi connectivity index (χ1) is 13.3. The van der Waals surface area contributed by atoms with Gasteiger partial charge in [0.2, 0.25) is 5.13 Å². The number of fused-ring (bicyclic) bond motifs is 1. The Labute approximate surface area is 162 Å². The highest BCUT2D eigenvalue weighted by Gasteiger charge is 2.18. The Kier molecular flexibility index (Phi) is 5.31. The summed E-state index contributed by atoms with van der Waals surface area (Å²) in [6.07, 6.45) is 7.18. The summed E-state index contributed by atoms with van der Waals surface area (Å²) in [6.45, 7) is 2.67. The quantitative estimate of drug-likeness (QED) is 0.578. The molecule has 0 spiro atoms. The van der Waals surface area contributed by atoms with E-state index >= 15 is 0 Å². The van der Waals surface area contributed by atoms with Crippen molar-refractivity contribution >= 4 is 28.6 Å². The molecular formula is C20H24N6S. The number of aromatic amines is 1. The van der Waals surface area contributed by atoms with Crippen LogP contribution in [0.1, 0.15) is 35.5 Å². The van der Waals surface area contributed by atoms with Crippen LogP contribution in [0.25, 0.3) is 12.2 Å². The summed E-state index contributed by atoms with van der Waals surface area (Å²) in [5.74, 6) is 0.249. The van der Waals surface area contributed by atoms with Crippen LogP contribution in [-0.4, -0.2) is 33.0 Å². The van der Waals surface area contributed by atoms with Crippen molar-refractivity contribution in [3.63, 3.8) is 0 Å². The maximum Gasteiger partial charge on any atom is 0.205 e. The van der Waals surface area contributed by atoms with Crippen molar-refractivity contribution < 1.29 is 0 Å². The number of aryl methyl sites for hydroxylation is 1. The van der Waals surface area contributed by atoms with Crippen molar-refractivity contribution in [1.82, 2.24) is 20.4 Å². The minimum absolute atomic E-state index is 0.141. The van der Waals surface area contributed by atoms with Crippen LogP contribution in [0, 0.1) is 0 Å². The largest absolute Gasteiger partial charge is 0.356 e. The summed E-state index contributed by atoms with van der Waals surface area (Å²) < 4.78 is 0. The topological polar surface area (TPSA) is 92.5 Å². The Hall–Kier alpha value is -2.51. The molecule has 1 aliphatic carbocycles. The molecule has 2 atom stereocenters. The number of rotatable bonds is 7. The van der Waals surface area contributed by atoms with E-state index in [4.69, 9.17) is 5.73 Å². The van der Waals surface area contributed by atoms with Gasteiger partial charge in [-0.1, -0.05) is 60.7 Å². The first-order valence-electron chi connectivity index (χ1n) is 9.36. The molecular weight excluding hydrogens is 356 g/mol. The number of anilines is 1. The molecule has 0 aliphatic heterocycles. The van der Waals surface area contributed by atoms with Gasteiger partial charge in [0.1, 0.15) is 5.01 Å². The minimum atomic E-state index is 0.141. The normalized spacial score (nSPS) is 16.9. The summed E-state index contributed by atoms with van der Waals surface area (Å²) in [5, 5.41) is 23.9. The standard InChI is InChI=1S/C20H24N6S/c1-2-17-16-11-14(8-9-18(16)24-23-17)19-25-26-20(27-19)22-15(12-21)10-13-6-4-3-5-7-13/h3-7,9,11,14-15,24H,2,8,10,12,21H2,1H3,(H,22,26)/t14?,15-/m1/s1. The van der Waals surface area contributed by atoms with E-state index in [1.165, 1.54) is 10.8 Å². The molecule has 0 amide bonds. The molecule has 1 unspecified atom stereocenters. The molecule has 140 valence electrons. The second-order valence-electron chi connectivity index (χ2n) is 6.78. The van der Waals surface area contributed by atoms with Crippen LogP contribution in [-0.2, 0) is 12.8 Å². The molecule has 7 heteroatoms. The molecule has 4 rings (SSSR count). The van der Waals surface area contributed by atoms with Crippen LogP contribution in [0.3, 0.4) is 0 Å². The highest BCUT2D eigenvalue weighted by molar-refractivity contribution is 7.15. The van der Waals surface area contributed by atoms with Gasteiger partial charge in [0.15, 0.2) is 0 Å². The third-order valence-corrected chi connectivity index (χ3v) is 5.87. The number of H-pyrrole nitrogens is 1. The van der Waals surface area contributed by atoms with Gasteiger partial charge in [-0.3, -0.25) is 5.10 Å². The Morgan fingerprint density at radius 2 is 2.15 bits per heavy atom. The van der Waals surface area contributed by atoms with Crippen LogP contribution in [0.5, 0.6) is 0 Å². The van der Waals surface area contributed by atoms with Gasteiger partial charge in [-0.25, -0.2) is 0 Å². The Balaban J connectivity index is 1.48. The average Bonchev–Trinajstić information content (AvgIpc) is 3.34. The van der Waals surface area contributed by atoms with E-state index in [-0.39, 0.29) is 12.0 Å². The highest BCUT2D eigenvalue weighted by atomic mass is 32.1. The van der Waals surface area contributed by atoms with E-state index in [1.54, 1.807) is 11.3 Å². The van der Waals surface area contributed by atoms with Crippen LogP contribution < -0.4 is 21.6 Å². The zero-order valence-corrected chi connectivity index (χ0v) is 16.2. The molecule has 2 aromatic heterocycles. The molecule has 0 saturated carbocycles. The molecule has 0 bridgehead atoms. The van der Waals surface area contributed by atoms with Crippen molar-refractivity contribution in [2.24, 2.45) is 5.73 Å². The van der Waals surface area contributed by atoms with Crippen molar-refractivity contribution in [2.45, 2.75) is 38.1 Å². The Morgan fingerprint density at radius 1 is 1.30 bits per heavy atom. The lowest BCUT2D eigenvalue weighted by Gasteiger charge is -2.15. The molecule has 0 fully saturated rings. The number of benzene rings is 1. The molecule has 0 radical (unpaired) electrons. The Morgan fingerprint density at radius 3 is 2.93 bits per heavy atom. The number of hydrogen-bond donors (Lipinski definition) is 3. The highest BCUT2D eigenvalue weighted by Crippen LogP contribution is 2.28. The van der Waals surface area contributed by atoms with Gasteiger partial charge in [0, 0.05) is 23.7 Å². The van der Waals surface area contributed by atoms with Gasteiger partial charge in [-0.2, -0.15) is 5.10 Å². The van der Waals surface area contributed by atoms with Gasteiger partial charge in [0.25, 0.3) is 0 Å². The molecule has 1 aliphatic rings. The van der Waals surface area contributed by atoms with E-state index in [0.717, 1.165) is 40.4 Å². The van der Waals surface area contributed by atoms with E-state index in [0.29, 0.717) is 6.54 Å². The van der Waals surface area contributed by atoms with Crippen LogP contribution >= 0.6 is 11.3 Å². The van der Waals surface area contributed by atoms with Gasteiger partial charge < -0.3 is 11.1 Å². The monoisotopic (exact) mass is 380 g/mol.